The molecule has 0 aliphatic rings. The summed E-state index contributed by atoms with van der Waals surface area (Å²) in [6, 6.07) is 17.6. The summed E-state index contributed by atoms with van der Waals surface area (Å²) in [4.78, 5) is 0.235. The number of benzene rings is 3. The molecule has 0 bridgehead atoms. The van der Waals surface area contributed by atoms with Gasteiger partial charge in [0.25, 0.3) is 10.0 Å². The number of fused-ring (bicyclic) bond motifs is 1. The van der Waals surface area contributed by atoms with Crippen molar-refractivity contribution in [3.8, 4) is 0 Å². The second kappa shape index (κ2) is 5.35. The summed E-state index contributed by atoms with van der Waals surface area (Å²) < 4.78 is 27.6. The van der Waals surface area contributed by atoms with Crippen LogP contribution in [0.5, 0.6) is 0 Å². The van der Waals surface area contributed by atoms with Gasteiger partial charge in [-0.2, -0.15) is 0 Å². The molecule has 3 aromatic rings. The van der Waals surface area contributed by atoms with E-state index in [2.05, 4.69) is 4.72 Å². The van der Waals surface area contributed by atoms with Crippen molar-refractivity contribution >= 4 is 32.2 Å². The molecule has 0 aromatic heterocycles. The molecule has 0 aliphatic carbocycles. The zero-order valence-electron chi connectivity index (χ0n) is 12.1. The lowest BCUT2D eigenvalue weighted by Crippen LogP contribution is -2.13. The molecule has 5 heteroatoms. The van der Waals surface area contributed by atoms with Crippen molar-refractivity contribution in [1.82, 2.24) is 0 Å². The van der Waals surface area contributed by atoms with Crippen molar-refractivity contribution in [2.75, 3.05) is 10.5 Å². The molecule has 0 saturated carbocycles. The summed E-state index contributed by atoms with van der Waals surface area (Å²) in [7, 11) is -3.63. The highest BCUT2D eigenvalue weighted by Gasteiger charge is 2.15. The monoisotopic (exact) mass is 312 g/mol. The predicted molar refractivity (Wildman–Crippen MR) is 90.3 cm³/mol. The molecular formula is C17H16N2O2S. The molecule has 0 fully saturated rings. The zero-order chi connectivity index (χ0) is 15.7. The van der Waals surface area contributed by atoms with Crippen LogP contribution in [0.3, 0.4) is 0 Å². The average molecular weight is 312 g/mol. The Morgan fingerprint density at radius 2 is 1.50 bits per heavy atom. The molecule has 0 spiro atoms. The number of sulfonamides is 1. The fraction of sp³-hybridized carbons (Fsp3) is 0.0588. The molecule has 3 N–H and O–H groups in total. The van der Waals surface area contributed by atoms with E-state index in [0.717, 1.165) is 16.3 Å². The Hall–Kier alpha value is -2.53. The summed E-state index contributed by atoms with van der Waals surface area (Å²) >= 11 is 0. The van der Waals surface area contributed by atoms with Crippen molar-refractivity contribution < 1.29 is 8.42 Å². The Balaban J connectivity index is 2.06. The van der Waals surface area contributed by atoms with Crippen LogP contribution in [0.2, 0.25) is 0 Å². The first kappa shape index (κ1) is 14.4. The van der Waals surface area contributed by atoms with Gasteiger partial charge in [-0.3, -0.25) is 4.72 Å². The van der Waals surface area contributed by atoms with E-state index >= 15 is 0 Å². The third kappa shape index (κ3) is 2.63. The van der Waals surface area contributed by atoms with Gasteiger partial charge in [0.2, 0.25) is 0 Å². The van der Waals surface area contributed by atoms with E-state index in [1.165, 1.54) is 0 Å². The number of hydrogen-bond donors (Lipinski definition) is 2. The molecule has 0 amide bonds. The third-order valence-electron chi connectivity index (χ3n) is 3.53. The molecule has 112 valence electrons. The highest BCUT2D eigenvalue weighted by Crippen LogP contribution is 2.29. The van der Waals surface area contributed by atoms with Crippen molar-refractivity contribution in [3.05, 3.63) is 66.2 Å². The van der Waals surface area contributed by atoms with E-state index in [1.54, 1.807) is 36.4 Å². The number of nitrogens with one attached hydrogen (secondary N) is 1. The summed E-state index contributed by atoms with van der Waals surface area (Å²) in [6.45, 7) is 1.91. The standard InChI is InChI=1S/C17H16N2O2S/c1-12-6-8-13(9-7-12)22(20,21)19-17-11-10-16(18)14-4-2-3-5-15(14)17/h2-11,19H,18H2,1H3. The first-order chi connectivity index (χ1) is 10.5. The smallest absolute Gasteiger partial charge is 0.261 e. The van der Waals surface area contributed by atoms with Crippen molar-refractivity contribution in [3.63, 3.8) is 0 Å². The Bertz CT molecular complexity index is 933. The van der Waals surface area contributed by atoms with Crippen LogP contribution in [0, 0.1) is 6.92 Å². The average Bonchev–Trinajstić information content (AvgIpc) is 2.51. The minimum Gasteiger partial charge on any atom is -0.398 e. The molecule has 0 unspecified atom stereocenters. The van der Waals surface area contributed by atoms with Crippen LogP contribution in [0.4, 0.5) is 11.4 Å². The molecule has 0 aliphatic heterocycles. The summed E-state index contributed by atoms with van der Waals surface area (Å²) in [5.41, 5.74) is 8.09. The lowest BCUT2D eigenvalue weighted by atomic mass is 10.1. The normalized spacial score (nSPS) is 11.5. The molecule has 3 aromatic carbocycles. The lowest BCUT2D eigenvalue weighted by molar-refractivity contribution is 0.601. The Labute approximate surface area is 129 Å². The van der Waals surface area contributed by atoms with Crippen LogP contribution < -0.4 is 10.5 Å². The summed E-state index contributed by atoms with van der Waals surface area (Å²) in [5, 5.41) is 1.60. The van der Waals surface area contributed by atoms with Gasteiger partial charge in [-0.05, 0) is 31.2 Å². The van der Waals surface area contributed by atoms with Gasteiger partial charge >= 0.3 is 0 Å². The van der Waals surface area contributed by atoms with E-state index in [-0.39, 0.29) is 4.90 Å². The maximum atomic E-state index is 12.5. The number of nitrogen functional groups attached to an aromatic ring is 1. The molecule has 3 rings (SSSR count). The Kier molecular flexibility index (Phi) is 3.50. The van der Waals surface area contributed by atoms with Gasteiger partial charge in [0.1, 0.15) is 0 Å². The van der Waals surface area contributed by atoms with E-state index in [1.807, 2.05) is 31.2 Å². The van der Waals surface area contributed by atoms with E-state index < -0.39 is 10.0 Å². The summed E-state index contributed by atoms with van der Waals surface area (Å²) in [5.74, 6) is 0. The Morgan fingerprint density at radius 3 is 2.18 bits per heavy atom. The van der Waals surface area contributed by atoms with Gasteiger partial charge < -0.3 is 5.73 Å². The number of anilines is 2. The van der Waals surface area contributed by atoms with Gasteiger partial charge in [0.15, 0.2) is 0 Å². The quantitative estimate of drug-likeness (QED) is 0.727. The minimum absolute atomic E-state index is 0.235. The number of hydrogen-bond acceptors (Lipinski definition) is 3. The van der Waals surface area contributed by atoms with Crippen molar-refractivity contribution in [1.29, 1.82) is 0 Å². The maximum Gasteiger partial charge on any atom is 0.261 e. The van der Waals surface area contributed by atoms with Crippen molar-refractivity contribution in [2.45, 2.75) is 11.8 Å². The van der Waals surface area contributed by atoms with Crippen LogP contribution >= 0.6 is 0 Å². The van der Waals surface area contributed by atoms with Crippen LogP contribution in [0.1, 0.15) is 5.56 Å². The van der Waals surface area contributed by atoms with E-state index in [0.29, 0.717) is 11.4 Å². The topological polar surface area (TPSA) is 72.2 Å². The fourth-order valence-corrected chi connectivity index (χ4v) is 3.41. The van der Waals surface area contributed by atoms with Gasteiger partial charge in [0, 0.05) is 16.5 Å². The first-order valence-corrected chi connectivity index (χ1v) is 8.32. The molecule has 0 heterocycles. The second-order valence-corrected chi connectivity index (χ2v) is 6.85. The first-order valence-electron chi connectivity index (χ1n) is 6.84. The van der Waals surface area contributed by atoms with E-state index in [4.69, 9.17) is 5.73 Å². The lowest BCUT2D eigenvalue weighted by Gasteiger charge is -2.12. The SMILES string of the molecule is Cc1ccc(S(=O)(=O)Nc2ccc(N)c3ccccc23)cc1. The van der Waals surface area contributed by atoms with Crippen LogP contribution in [0.25, 0.3) is 10.8 Å². The molecule has 0 atom stereocenters. The number of rotatable bonds is 3. The minimum atomic E-state index is -3.63. The molecule has 0 radical (unpaired) electrons. The number of aryl methyl sites for hydroxylation is 1. The predicted octanol–water partition coefficient (Wildman–Crippen LogP) is 3.53. The highest BCUT2D eigenvalue weighted by molar-refractivity contribution is 7.92. The van der Waals surface area contributed by atoms with Crippen LogP contribution in [-0.2, 0) is 10.0 Å². The van der Waals surface area contributed by atoms with Gasteiger partial charge in [0.05, 0.1) is 10.6 Å². The molecule has 22 heavy (non-hydrogen) atoms. The van der Waals surface area contributed by atoms with Crippen molar-refractivity contribution in [2.24, 2.45) is 0 Å². The van der Waals surface area contributed by atoms with E-state index in [9.17, 15) is 8.42 Å². The second-order valence-electron chi connectivity index (χ2n) is 5.17. The molecular weight excluding hydrogens is 296 g/mol. The van der Waals surface area contributed by atoms with Gasteiger partial charge in [-0.25, -0.2) is 8.42 Å². The number of nitrogens with two attached hydrogens (primary N) is 1. The van der Waals surface area contributed by atoms with Crippen LogP contribution in [0.15, 0.2) is 65.6 Å². The summed E-state index contributed by atoms with van der Waals surface area (Å²) in [6.07, 6.45) is 0. The zero-order valence-corrected chi connectivity index (χ0v) is 12.9. The van der Waals surface area contributed by atoms with Crippen LogP contribution in [-0.4, -0.2) is 8.42 Å². The Morgan fingerprint density at radius 1 is 0.864 bits per heavy atom. The fourth-order valence-electron chi connectivity index (χ4n) is 2.33. The maximum absolute atomic E-state index is 12.5. The molecule has 4 nitrogen and oxygen atoms in total. The van der Waals surface area contributed by atoms with Gasteiger partial charge in [-0.15, -0.1) is 0 Å². The highest BCUT2D eigenvalue weighted by atomic mass is 32.2. The third-order valence-corrected chi connectivity index (χ3v) is 4.91. The molecule has 0 saturated heterocycles. The van der Waals surface area contributed by atoms with Gasteiger partial charge in [-0.1, -0.05) is 42.0 Å². The largest absolute Gasteiger partial charge is 0.398 e.